The zero-order chi connectivity index (χ0) is 22.5. The quantitative estimate of drug-likeness (QED) is 0.278. The molecule has 32 heavy (non-hydrogen) atoms. The SMILES string of the molecule is CC(NC(=S)Nc1ccc(NC(=O)c2cc3ccccc3cn2)cc1)c1ccc(Br)cc1. The van der Waals surface area contributed by atoms with Crippen molar-refractivity contribution in [3.63, 3.8) is 0 Å². The van der Waals surface area contributed by atoms with Crippen molar-refractivity contribution in [1.82, 2.24) is 10.3 Å². The van der Waals surface area contributed by atoms with Crippen molar-refractivity contribution in [2.24, 2.45) is 0 Å². The topological polar surface area (TPSA) is 66.0 Å². The molecule has 0 aliphatic rings. The number of carbonyl (C=O) groups is 1. The molecule has 1 atom stereocenters. The Labute approximate surface area is 200 Å². The van der Waals surface area contributed by atoms with Crippen LogP contribution in [0, 0.1) is 0 Å². The fraction of sp³-hybridized carbons (Fsp3) is 0.0800. The monoisotopic (exact) mass is 504 g/mol. The third-order valence-electron chi connectivity index (χ3n) is 4.98. The van der Waals surface area contributed by atoms with Crippen LogP contribution in [0.1, 0.15) is 29.0 Å². The highest BCUT2D eigenvalue weighted by atomic mass is 79.9. The van der Waals surface area contributed by atoms with Gasteiger partial charge >= 0.3 is 0 Å². The number of hydrogen-bond acceptors (Lipinski definition) is 3. The van der Waals surface area contributed by atoms with E-state index < -0.39 is 0 Å². The summed E-state index contributed by atoms with van der Waals surface area (Å²) in [6, 6.07) is 25.1. The lowest BCUT2D eigenvalue weighted by Gasteiger charge is -2.17. The fourth-order valence-electron chi connectivity index (χ4n) is 3.24. The Bertz CT molecular complexity index is 1260. The third-order valence-corrected chi connectivity index (χ3v) is 5.73. The molecule has 0 radical (unpaired) electrons. The highest BCUT2D eigenvalue weighted by Gasteiger charge is 2.10. The van der Waals surface area contributed by atoms with Crippen molar-refractivity contribution in [2.75, 3.05) is 10.6 Å². The first-order valence-corrected chi connectivity index (χ1v) is 11.3. The van der Waals surface area contributed by atoms with E-state index in [9.17, 15) is 4.79 Å². The number of aromatic nitrogens is 1. The Morgan fingerprint density at radius 2 is 1.53 bits per heavy atom. The molecule has 0 saturated carbocycles. The van der Waals surface area contributed by atoms with E-state index in [0.29, 0.717) is 16.5 Å². The van der Waals surface area contributed by atoms with Gasteiger partial charge in [0.25, 0.3) is 5.91 Å². The van der Waals surface area contributed by atoms with Gasteiger partial charge in [-0.05, 0) is 72.6 Å². The van der Waals surface area contributed by atoms with E-state index in [-0.39, 0.29) is 11.9 Å². The van der Waals surface area contributed by atoms with Crippen LogP contribution in [-0.2, 0) is 0 Å². The van der Waals surface area contributed by atoms with Crippen molar-refractivity contribution in [2.45, 2.75) is 13.0 Å². The van der Waals surface area contributed by atoms with Crippen LogP contribution >= 0.6 is 28.1 Å². The zero-order valence-corrected chi connectivity index (χ0v) is 19.7. The number of carbonyl (C=O) groups excluding carboxylic acids is 1. The average molecular weight is 505 g/mol. The number of nitrogens with zero attached hydrogens (tertiary/aromatic N) is 1. The van der Waals surface area contributed by atoms with Gasteiger partial charge in [0.2, 0.25) is 0 Å². The summed E-state index contributed by atoms with van der Waals surface area (Å²) >= 11 is 8.88. The molecule has 160 valence electrons. The molecule has 0 aliphatic heterocycles. The van der Waals surface area contributed by atoms with Gasteiger partial charge in [-0.2, -0.15) is 0 Å². The standard InChI is InChI=1S/C25H21BrN4OS/c1-16(17-6-8-20(26)9-7-17)28-25(32)30-22-12-10-21(11-13-22)29-24(31)23-14-18-4-2-3-5-19(18)15-27-23/h2-16H,1H3,(H,29,31)(H2,28,30,32). The van der Waals surface area contributed by atoms with E-state index in [4.69, 9.17) is 12.2 Å². The van der Waals surface area contributed by atoms with Crippen LogP contribution in [0.25, 0.3) is 10.8 Å². The number of anilines is 2. The number of rotatable bonds is 5. The second kappa shape index (κ2) is 9.89. The van der Waals surface area contributed by atoms with Crippen LogP contribution in [0.2, 0.25) is 0 Å². The van der Waals surface area contributed by atoms with Crippen LogP contribution in [0.5, 0.6) is 0 Å². The molecule has 4 aromatic rings. The van der Waals surface area contributed by atoms with Crippen molar-refractivity contribution in [3.8, 4) is 0 Å². The summed E-state index contributed by atoms with van der Waals surface area (Å²) in [6.45, 7) is 2.05. The third kappa shape index (κ3) is 5.49. The van der Waals surface area contributed by atoms with E-state index in [1.54, 1.807) is 12.3 Å². The highest BCUT2D eigenvalue weighted by Crippen LogP contribution is 2.19. The lowest BCUT2D eigenvalue weighted by atomic mass is 10.1. The smallest absolute Gasteiger partial charge is 0.274 e. The average Bonchev–Trinajstić information content (AvgIpc) is 2.80. The Hall–Kier alpha value is -3.29. The van der Waals surface area contributed by atoms with Gasteiger partial charge in [-0.15, -0.1) is 0 Å². The van der Waals surface area contributed by atoms with E-state index in [1.165, 1.54) is 0 Å². The van der Waals surface area contributed by atoms with Gasteiger partial charge in [0, 0.05) is 27.4 Å². The summed E-state index contributed by atoms with van der Waals surface area (Å²) in [4.78, 5) is 16.8. The number of halogens is 1. The molecule has 1 heterocycles. The molecule has 1 aromatic heterocycles. The molecular formula is C25H21BrN4OS. The molecular weight excluding hydrogens is 484 g/mol. The summed E-state index contributed by atoms with van der Waals surface area (Å²) in [5, 5.41) is 11.8. The first-order chi connectivity index (χ1) is 15.5. The lowest BCUT2D eigenvalue weighted by molar-refractivity contribution is 0.102. The Balaban J connectivity index is 1.34. The molecule has 3 aromatic carbocycles. The Kier molecular flexibility index (Phi) is 6.78. The molecule has 0 saturated heterocycles. The minimum absolute atomic E-state index is 0.0658. The number of nitrogens with one attached hydrogen (secondary N) is 3. The molecule has 3 N–H and O–H groups in total. The maximum atomic E-state index is 12.6. The largest absolute Gasteiger partial charge is 0.356 e. The van der Waals surface area contributed by atoms with Crippen molar-refractivity contribution in [3.05, 3.63) is 101 Å². The molecule has 0 fully saturated rings. The van der Waals surface area contributed by atoms with E-state index >= 15 is 0 Å². The number of pyridine rings is 1. The number of thiocarbonyl (C=S) groups is 1. The Morgan fingerprint density at radius 3 is 2.22 bits per heavy atom. The summed E-state index contributed by atoms with van der Waals surface area (Å²) in [6.07, 6.45) is 1.71. The van der Waals surface area contributed by atoms with Gasteiger partial charge in [0.05, 0.1) is 6.04 Å². The molecule has 1 unspecified atom stereocenters. The van der Waals surface area contributed by atoms with Gasteiger partial charge in [0.15, 0.2) is 5.11 Å². The summed E-state index contributed by atoms with van der Waals surface area (Å²) < 4.78 is 1.04. The van der Waals surface area contributed by atoms with Crippen LogP contribution in [0.15, 0.2) is 89.5 Å². The summed E-state index contributed by atoms with van der Waals surface area (Å²) in [5.74, 6) is -0.253. The molecule has 5 nitrogen and oxygen atoms in total. The normalized spacial score (nSPS) is 11.6. The molecule has 0 bridgehead atoms. The summed E-state index contributed by atoms with van der Waals surface area (Å²) in [5.41, 5.74) is 3.01. The highest BCUT2D eigenvalue weighted by molar-refractivity contribution is 9.10. The second-order valence-corrected chi connectivity index (χ2v) is 8.64. The van der Waals surface area contributed by atoms with Gasteiger partial charge in [-0.1, -0.05) is 52.3 Å². The minimum Gasteiger partial charge on any atom is -0.356 e. The first-order valence-electron chi connectivity index (χ1n) is 10.1. The maximum Gasteiger partial charge on any atom is 0.274 e. The summed E-state index contributed by atoms with van der Waals surface area (Å²) in [7, 11) is 0. The van der Waals surface area contributed by atoms with Crippen LogP contribution in [0.3, 0.4) is 0 Å². The fourth-order valence-corrected chi connectivity index (χ4v) is 3.80. The van der Waals surface area contributed by atoms with E-state index in [1.807, 2.05) is 72.8 Å². The predicted molar refractivity (Wildman–Crippen MR) is 138 cm³/mol. The maximum absolute atomic E-state index is 12.6. The lowest BCUT2D eigenvalue weighted by Crippen LogP contribution is -2.30. The van der Waals surface area contributed by atoms with Crippen LogP contribution < -0.4 is 16.0 Å². The van der Waals surface area contributed by atoms with Crippen LogP contribution in [0.4, 0.5) is 11.4 Å². The number of hydrogen-bond donors (Lipinski definition) is 3. The van der Waals surface area contributed by atoms with E-state index in [2.05, 4.69) is 43.8 Å². The van der Waals surface area contributed by atoms with Gasteiger partial charge in [-0.25, -0.2) is 0 Å². The van der Waals surface area contributed by atoms with Gasteiger partial charge < -0.3 is 16.0 Å². The second-order valence-electron chi connectivity index (χ2n) is 7.32. The molecule has 0 aliphatic carbocycles. The van der Waals surface area contributed by atoms with Gasteiger partial charge in [0.1, 0.15) is 5.69 Å². The molecule has 1 amide bonds. The van der Waals surface area contributed by atoms with Crippen molar-refractivity contribution >= 4 is 61.3 Å². The van der Waals surface area contributed by atoms with Crippen LogP contribution in [-0.4, -0.2) is 16.0 Å². The Morgan fingerprint density at radius 1 is 0.906 bits per heavy atom. The van der Waals surface area contributed by atoms with E-state index in [0.717, 1.165) is 26.5 Å². The number of amides is 1. The number of benzene rings is 3. The first kappa shape index (κ1) is 21.9. The number of fused-ring (bicyclic) bond motifs is 1. The predicted octanol–water partition coefficient (Wildman–Crippen LogP) is 6.30. The van der Waals surface area contributed by atoms with Crippen molar-refractivity contribution < 1.29 is 4.79 Å². The molecule has 7 heteroatoms. The van der Waals surface area contributed by atoms with Crippen molar-refractivity contribution in [1.29, 1.82) is 0 Å². The molecule has 4 rings (SSSR count). The minimum atomic E-state index is -0.253. The molecule has 0 spiro atoms. The van der Waals surface area contributed by atoms with Gasteiger partial charge in [-0.3, -0.25) is 9.78 Å². The zero-order valence-electron chi connectivity index (χ0n) is 17.3.